The van der Waals surface area contributed by atoms with E-state index in [2.05, 4.69) is 211 Å². The molecule has 0 radical (unpaired) electrons. The Balaban J connectivity index is 1.12. The zero-order valence-electron chi connectivity index (χ0n) is 45.6. The summed E-state index contributed by atoms with van der Waals surface area (Å²) in [4.78, 5) is 0. The van der Waals surface area contributed by atoms with E-state index in [0.29, 0.717) is 0 Å². The summed E-state index contributed by atoms with van der Waals surface area (Å²) in [6.07, 6.45) is 12.9. The minimum Gasteiger partial charge on any atom is -0.494 e. The summed E-state index contributed by atoms with van der Waals surface area (Å²) < 4.78 is 24.4. The van der Waals surface area contributed by atoms with Crippen molar-refractivity contribution >= 4 is 0 Å². The van der Waals surface area contributed by atoms with E-state index in [9.17, 15) is 0 Å². The second kappa shape index (κ2) is 25.5. The fourth-order valence-electron chi connectivity index (χ4n) is 10.9. The number of rotatable bonds is 26. The molecule has 0 bridgehead atoms. The molecule has 0 heterocycles. The molecule has 0 N–H and O–H groups in total. The Morgan fingerprint density at radius 2 is 0.493 bits per heavy atom. The summed E-state index contributed by atoms with van der Waals surface area (Å²) in [7, 11) is 0. The van der Waals surface area contributed by atoms with Crippen LogP contribution in [0, 0.1) is 0 Å². The van der Waals surface area contributed by atoms with Gasteiger partial charge in [-0.3, -0.25) is 0 Å². The molecule has 0 aromatic heterocycles. The number of hydrogen-bond donors (Lipinski definition) is 0. The molecule has 0 amide bonds. The first-order valence-corrected chi connectivity index (χ1v) is 28.4. The Bertz CT molecular complexity index is 2740. The monoisotopic (exact) mass is 995 g/mol. The van der Waals surface area contributed by atoms with Gasteiger partial charge in [-0.25, -0.2) is 0 Å². The Morgan fingerprint density at radius 3 is 0.733 bits per heavy atom. The smallest absolute Gasteiger partial charge is 0.119 e. The van der Waals surface area contributed by atoms with E-state index in [1.54, 1.807) is 0 Å². The Kier molecular flexibility index (Phi) is 17.9. The van der Waals surface area contributed by atoms with Crippen LogP contribution in [0.15, 0.2) is 170 Å². The van der Waals surface area contributed by atoms with Gasteiger partial charge in [-0.05, 0) is 225 Å². The number of hydrogen-bond acceptors (Lipinski definition) is 4. The van der Waals surface area contributed by atoms with Gasteiger partial charge in [-0.15, -0.1) is 0 Å². The second-order valence-corrected chi connectivity index (χ2v) is 20.6. The zero-order valence-corrected chi connectivity index (χ0v) is 45.6. The molecule has 4 nitrogen and oxygen atoms in total. The first kappa shape index (κ1) is 52.8. The lowest BCUT2D eigenvalue weighted by Gasteiger charge is -2.32. The van der Waals surface area contributed by atoms with Crippen molar-refractivity contribution in [3.63, 3.8) is 0 Å². The van der Waals surface area contributed by atoms with Crippen molar-refractivity contribution in [2.45, 2.75) is 124 Å². The molecule has 0 fully saturated rings. The molecule has 0 unspecified atom stereocenters. The summed E-state index contributed by atoms with van der Waals surface area (Å²) in [5, 5.41) is 0. The first-order chi connectivity index (χ1) is 36.9. The molecule has 4 heteroatoms. The van der Waals surface area contributed by atoms with Gasteiger partial charge in [0.1, 0.15) is 23.0 Å². The average molecular weight is 995 g/mol. The molecule has 9 rings (SSSR count). The van der Waals surface area contributed by atoms with Crippen LogP contribution in [0.1, 0.15) is 130 Å². The van der Waals surface area contributed by atoms with Crippen molar-refractivity contribution in [3.05, 3.63) is 181 Å². The second-order valence-electron chi connectivity index (χ2n) is 20.6. The Hall–Kier alpha value is -7.04. The Labute approximate surface area is 449 Å². The molecule has 1 aliphatic carbocycles. The number of ether oxygens (including phenoxy) is 4. The minimum atomic E-state index is -0.135. The van der Waals surface area contributed by atoms with Crippen molar-refractivity contribution in [1.82, 2.24) is 0 Å². The lowest BCUT2D eigenvalue weighted by atomic mass is 9.70. The predicted octanol–water partition coefficient (Wildman–Crippen LogP) is 20.3. The number of unbranched alkanes of at least 4 members (excludes halogenated alkanes) is 4. The summed E-state index contributed by atoms with van der Waals surface area (Å²) >= 11 is 0. The molecule has 386 valence electrons. The molecule has 0 aliphatic heterocycles. The molecule has 0 spiro atoms. The largest absolute Gasteiger partial charge is 0.494 e. The third-order valence-corrected chi connectivity index (χ3v) is 15.1. The number of fused-ring (bicyclic) bond motifs is 3. The minimum absolute atomic E-state index is 0.135. The van der Waals surface area contributed by atoms with E-state index in [1.165, 1.54) is 89.0 Å². The summed E-state index contributed by atoms with van der Waals surface area (Å²) in [6, 6.07) is 63.4. The van der Waals surface area contributed by atoms with Crippen LogP contribution in [0.4, 0.5) is 0 Å². The van der Waals surface area contributed by atoms with Gasteiger partial charge in [0.2, 0.25) is 0 Å². The highest BCUT2D eigenvalue weighted by Gasteiger charge is 2.42. The topological polar surface area (TPSA) is 36.9 Å². The lowest BCUT2D eigenvalue weighted by molar-refractivity contribution is 0.309. The summed E-state index contributed by atoms with van der Waals surface area (Å²) in [5.41, 5.74) is 19.8. The molecular formula is C71H78O4. The van der Waals surface area contributed by atoms with Crippen LogP contribution in [0.5, 0.6) is 23.0 Å². The van der Waals surface area contributed by atoms with E-state index in [4.69, 9.17) is 18.9 Å². The van der Waals surface area contributed by atoms with Crippen molar-refractivity contribution in [3.8, 4) is 101 Å². The molecule has 0 atom stereocenters. The van der Waals surface area contributed by atoms with E-state index in [1.807, 2.05) is 0 Å². The maximum atomic E-state index is 6.09. The summed E-state index contributed by atoms with van der Waals surface area (Å²) in [6.45, 7) is 16.4. The van der Waals surface area contributed by atoms with E-state index in [0.717, 1.165) is 126 Å². The van der Waals surface area contributed by atoms with Gasteiger partial charge in [0, 0.05) is 5.41 Å². The standard InChI is InChI=1S/C71H78O4/c1-7-13-39-72-63-27-17-51(18-28-63)57-43-58(52-19-29-64(30-20-52)73-40-14-8-2)46-61(45-57)55-25-35-67-68-36-26-56(50-70(68)71(37-11-5,38-12-6)69(67)49-55)62-47-59(53-21-31-65(32-22-53)74-41-15-9-3)44-60(48-62)54-23-33-66(34-24-54)75-42-16-10-4/h17-36,43-50H,7-16,37-42H2,1-6H3. The first-order valence-electron chi connectivity index (χ1n) is 28.4. The zero-order chi connectivity index (χ0) is 52.0. The van der Waals surface area contributed by atoms with Crippen molar-refractivity contribution < 1.29 is 18.9 Å². The van der Waals surface area contributed by atoms with Crippen LogP contribution >= 0.6 is 0 Å². The van der Waals surface area contributed by atoms with Gasteiger partial charge in [-0.1, -0.05) is 153 Å². The van der Waals surface area contributed by atoms with Gasteiger partial charge >= 0.3 is 0 Å². The third-order valence-electron chi connectivity index (χ3n) is 15.1. The van der Waals surface area contributed by atoms with Gasteiger partial charge in [0.05, 0.1) is 26.4 Å². The molecule has 8 aromatic rings. The molecule has 8 aromatic carbocycles. The highest BCUT2D eigenvalue weighted by atomic mass is 16.5. The van der Waals surface area contributed by atoms with Crippen molar-refractivity contribution in [2.24, 2.45) is 0 Å². The normalized spacial score (nSPS) is 12.3. The quantitative estimate of drug-likeness (QED) is 0.0507. The van der Waals surface area contributed by atoms with Crippen LogP contribution < -0.4 is 18.9 Å². The van der Waals surface area contributed by atoms with Crippen LogP contribution in [0.25, 0.3) is 77.9 Å². The fraction of sp³-hybridized carbons (Fsp3) is 0.324. The van der Waals surface area contributed by atoms with E-state index < -0.39 is 0 Å². The summed E-state index contributed by atoms with van der Waals surface area (Å²) in [5.74, 6) is 3.65. The van der Waals surface area contributed by atoms with Gasteiger partial charge in [0.25, 0.3) is 0 Å². The molecule has 0 saturated carbocycles. The van der Waals surface area contributed by atoms with E-state index >= 15 is 0 Å². The highest BCUT2D eigenvalue weighted by molar-refractivity contribution is 5.89. The highest BCUT2D eigenvalue weighted by Crippen LogP contribution is 2.56. The molecule has 75 heavy (non-hydrogen) atoms. The van der Waals surface area contributed by atoms with Crippen molar-refractivity contribution in [2.75, 3.05) is 26.4 Å². The van der Waals surface area contributed by atoms with Crippen LogP contribution in [-0.4, -0.2) is 26.4 Å². The third kappa shape index (κ3) is 12.4. The lowest BCUT2D eigenvalue weighted by Crippen LogP contribution is -2.25. The Morgan fingerprint density at radius 1 is 0.253 bits per heavy atom. The van der Waals surface area contributed by atoms with Gasteiger partial charge in [0.15, 0.2) is 0 Å². The van der Waals surface area contributed by atoms with Gasteiger partial charge in [-0.2, -0.15) is 0 Å². The van der Waals surface area contributed by atoms with Crippen LogP contribution in [0.2, 0.25) is 0 Å². The maximum absolute atomic E-state index is 6.09. The SMILES string of the molecule is CCCCOc1ccc(-c2cc(-c3ccc(OCCCC)cc3)cc(-c3ccc4c(c3)C(CCC)(CCC)c3cc(-c5cc(-c6ccc(OCCCC)cc6)cc(-c6ccc(OCCCC)cc6)c5)ccc3-4)c2)cc1. The average Bonchev–Trinajstić information content (AvgIpc) is 3.74. The van der Waals surface area contributed by atoms with Crippen LogP contribution in [-0.2, 0) is 5.41 Å². The number of benzene rings is 8. The molecular weight excluding hydrogens is 917 g/mol. The van der Waals surface area contributed by atoms with Crippen LogP contribution in [0.3, 0.4) is 0 Å². The predicted molar refractivity (Wildman–Crippen MR) is 317 cm³/mol. The van der Waals surface area contributed by atoms with Crippen molar-refractivity contribution in [1.29, 1.82) is 0 Å². The molecule has 0 saturated heterocycles. The van der Waals surface area contributed by atoms with Gasteiger partial charge < -0.3 is 18.9 Å². The van der Waals surface area contributed by atoms with E-state index in [-0.39, 0.29) is 5.41 Å². The molecule has 1 aliphatic rings. The maximum Gasteiger partial charge on any atom is 0.119 e. The fourth-order valence-corrected chi connectivity index (χ4v) is 10.9.